The lowest BCUT2D eigenvalue weighted by atomic mass is 9.92. The lowest BCUT2D eigenvalue weighted by Crippen LogP contribution is -2.26. The van der Waals surface area contributed by atoms with Crippen LogP contribution < -0.4 is 0 Å². The van der Waals surface area contributed by atoms with Crippen LogP contribution in [0.3, 0.4) is 0 Å². The van der Waals surface area contributed by atoms with Gasteiger partial charge in [0.1, 0.15) is 0 Å². The topological polar surface area (TPSA) is 49.7 Å². The van der Waals surface area contributed by atoms with E-state index in [9.17, 15) is 10.0 Å². The van der Waals surface area contributed by atoms with Gasteiger partial charge in [-0.25, -0.2) is 0 Å². The zero-order valence-corrected chi connectivity index (χ0v) is 20.5. The Bertz CT molecular complexity index is 911. The fourth-order valence-corrected chi connectivity index (χ4v) is 7.27. The summed E-state index contributed by atoms with van der Waals surface area (Å²) in [6.07, 6.45) is 9.40. The number of nitrogens with zero attached hydrogens (tertiary/aromatic N) is 1. The van der Waals surface area contributed by atoms with Gasteiger partial charge in [-0.15, -0.1) is 11.8 Å². The van der Waals surface area contributed by atoms with Crippen molar-refractivity contribution >= 4 is 23.4 Å². The molecule has 172 valence electrons. The molecule has 5 heteroatoms. The van der Waals surface area contributed by atoms with Crippen molar-refractivity contribution in [3.63, 3.8) is 0 Å². The van der Waals surface area contributed by atoms with Crippen LogP contribution in [0.25, 0.3) is 0 Å². The maximum Gasteiger partial charge on any atom is 0.0930 e. The van der Waals surface area contributed by atoms with E-state index >= 15 is 0 Å². The molecule has 1 N–H and O–H groups in total. The van der Waals surface area contributed by atoms with Crippen molar-refractivity contribution < 1.29 is 5.11 Å². The lowest BCUT2D eigenvalue weighted by Gasteiger charge is -2.32. The highest BCUT2D eigenvalue weighted by atomic mass is 35.5. The highest BCUT2D eigenvalue weighted by molar-refractivity contribution is 8.00. The maximum atomic E-state index is 10.8. The maximum absolute atomic E-state index is 10.8. The molecule has 2 aromatic carbocycles. The fraction of sp³-hybridized carbons (Fsp3) is 0.556. The molecule has 1 aliphatic carbocycles. The van der Waals surface area contributed by atoms with Crippen molar-refractivity contribution in [2.24, 2.45) is 11.1 Å². The lowest BCUT2D eigenvalue weighted by molar-refractivity contribution is 0.148. The van der Waals surface area contributed by atoms with E-state index in [1.807, 2.05) is 0 Å². The van der Waals surface area contributed by atoms with Crippen molar-refractivity contribution in [2.45, 2.75) is 81.3 Å². The molecule has 2 fully saturated rings. The molecule has 2 aromatic rings. The van der Waals surface area contributed by atoms with Crippen molar-refractivity contribution in [2.75, 3.05) is 6.54 Å². The molecule has 1 aliphatic heterocycles. The molecule has 1 saturated heterocycles. The summed E-state index contributed by atoms with van der Waals surface area (Å²) in [5, 5.41) is 14.6. The highest BCUT2D eigenvalue weighted by Gasteiger charge is 2.31. The van der Waals surface area contributed by atoms with E-state index < -0.39 is 0 Å². The van der Waals surface area contributed by atoms with Gasteiger partial charge in [0, 0.05) is 15.5 Å². The summed E-state index contributed by atoms with van der Waals surface area (Å²) in [5.41, 5.74) is 6.33. The number of rotatable bonds is 8. The fourth-order valence-electron chi connectivity index (χ4n) is 5.37. The molecule has 3 nitrogen and oxygen atoms in total. The number of hydrogen-bond donors (Lipinski definition) is 1. The van der Waals surface area contributed by atoms with Crippen LogP contribution >= 0.6 is 23.4 Å². The summed E-state index contributed by atoms with van der Waals surface area (Å²) in [5.74, 6) is 0.862. The zero-order valence-electron chi connectivity index (χ0n) is 18.9. The van der Waals surface area contributed by atoms with Crippen LogP contribution in [0.15, 0.2) is 41.6 Å². The van der Waals surface area contributed by atoms with Crippen LogP contribution in [0.1, 0.15) is 78.5 Å². The Kier molecular flexibility index (Phi) is 8.31. The number of aryl methyl sites for hydroxylation is 1. The standard InChI is InChI=1S/C27H34ClNO2S/c1-2-21-14-26(28)22(13-25(21)27-16-23(30)15-24(32-27)17-29-31)12-20-9-7-19(8-10-20)11-18-5-3-4-6-18/h7-10,13-14,18,23-24,27,30H,2-6,11-12,15-17H2,1H3. The second-order valence-electron chi connectivity index (χ2n) is 9.53. The van der Waals surface area contributed by atoms with Crippen molar-refractivity contribution in [1.82, 2.24) is 0 Å². The Balaban J connectivity index is 1.52. The number of halogens is 1. The first kappa shape index (κ1) is 23.8. The summed E-state index contributed by atoms with van der Waals surface area (Å²) < 4.78 is 0. The van der Waals surface area contributed by atoms with Crippen LogP contribution in [0.5, 0.6) is 0 Å². The monoisotopic (exact) mass is 471 g/mol. The number of benzene rings is 2. The highest BCUT2D eigenvalue weighted by Crippen LogP contribution is 2.45. The van der Waals surface area contributed by atoms with Gasteiger partial charge in [0.2, 0.25) is 0 Å². The minimum atomic E-state index is -0.385. The Hall–Kier alpha value is -1.36. The summed E-state index contributed by atoms with van der Waals surface area (Å²) >= 11 is 8.49. The zero-order chi connectivity index (χ0) is 22.5. The molecule has 0 bridgehead atoms. The third kappa shape index (κ3) is 5.95. The Morgan fingerprint density at radius 3 is 2.47 bits per heavy atom. The number of hydrogen-bond acceptors (Lipinski definition) is 4. The van der Waals surface area contributed by atoms with Crippen LogP contribution in [0.2, 0.25) is 5.02 Å². The first-order valence-corrected chi connectivity index (χ1v) is 13.4. The predicted octanol–water partition coefficient (Wildman–Crippen LogP) is 7.29. The van der Waals surface area contributed by atoms with Crippen molar-refractivity contribution in [3.05, 3.63) is 74.1 Å². The molecule has 4 rings (SSSR count). The summed E-state index contributed by atoms with van der Waals surface area (Å²) in [6.45, 7) is 2.40. The van der Waals surface area contributed by atoms with Crippen LogP contribution in [0.4, 0.5) is 0 Å². The van der Waals surface area contributed by atoms with Gasteiger partial charge in [-0.3, -0.25) is 0 Å². The molecule has 0 aromatic heterocycles. The van der Waals surface area contributed by atoms with E-state index in [2.05, 4.69) is 48.5 Å². The van der Waals surface area contributed by atoms with Crippen molar-refractivity contribution in [1.29, 1.82) is 0 Å². The molecular weight excluding hydrogens is 438 g/mol. The van der Waals surface area contributed by atoms with E-state index in [1.165, 1.54) is 54.4 Å². The number of nitroso groups, excluding NO2 is 1. The van der Waals surface area contributed by atoms with Gasteiger partial charge in [0.05, 0.1) is 12.6 Å². The van der Waals surface area contributed by atoms with E-state index in [0.29, 0.717) is 12.8 Å². The van der Waals surface area contributed by atoms with Crippen LogP contribution in [0, 0.1) is 10.8 Å². The summed E-state index contributed by atoms with van der Waals surface area (Å²) in [4.78, 5) is 10.8. The van der Waals surface area contributed by atoms with Crippen LogP contribution in [-0.4, -0.2) is 23.0 Å². The molecule has 0 amide bonds. The second kappa shape index (κ2) is 11.2. The van der Waals surface area contributed by atoms with Gasteiger partial charge >= 0.3 is 0 Å². The normalized spacial score (nSPS) is 24.0. The van der Waals surface area contributed by atoms with Gasteiger partial charge in [0.25, 0.3) is 0 Å². The molecular formula is C27H34ClNO2S. The average Bonchev–Trinajstić information content (AvgIpc) is 3.29. The van der Waals surface area contributed by atoms with Crippen LogP contribution in [-0.2, 0) is 19.3 Å². The van der Waals surface area contributed by atoms with Gasteiger partial charge in [-0.1, -0.05) is 79.7 Å². The molecule has 3 atom stereocenters. The van der Waals surface area contributed by atoms with Crippen molar-refractivity contribution in [3.8, 4) is 0 Å². The molecule has 2 aliphatic rings. The number of thioether (sulfide) groups is 1. The smallest absolute Gasteiger partial charge is 0.0930 e. The predicted molar refractivity (Wildman–Crippen MR) is 136 cm³/mol. The largest absolute Gasteiger partial charge is 0.393 e. The van der Waals surface area contributed by atoms with Gasteiger partial charge in [-0.05, 0) is 71.9 Å². The van der Waals surface area contributed by atoms with Gasteiger partial charge in [0.15, 0.2) is 0 Å². The molecule has 1 saturated carbocycles. The van der Waals surface area contributed by atoms with Gasteiger partial charge in [-0.2, -0.15) is 4.91 Å². The Labute approximate surface area is 201 Å². The molecule has 32 heavy (non-hydrogen) atoms. The number of aliphatic hydroxyl groups excluding tert-OH is 1. The molecule has 0 radical (unpaired) electrons. The van der Waals surface area contributed by atoms with Gasteiger partial charge < -0.3 is 5.11 Å². The first-order valence-electron chi connectivity index (χ1n) is 12.1. The average molecular weight is 472 g/mol. The van der Waals surface area contributed by atoms with E-state index in [0.717, 1.165) is 29.3 Å². The van der Waals surface area contributed by atoms with E-state index in [-0.39, 0.29) is 23.1 Å². The Morgan fingerprint density at radius 1 is 1.06 bits per heavy atom. The summed E-state index contributed by atoms with van der Waals surface area (Å²) in [7, 11) is 0. The minimum absolute atomic E-state index is 0.0810. The summed E-state index contributed by atoms with van der Waals surface area (Å²) in [6, 6.07) is 13.4. The number of aliphatic hydroxyl groups is 1. The molecule has 1 heterocycles. The Morgan fingerprint density at radius 2 is 1.78 bits per heavy atom. The minimum Gasteiger partial charge on any atom is -0.393 e. The SMILES string of the molecule is CCc1cc(Cl)c(Cc2ccc(CC3CCCC3)cc2)cc1C1CC(O)CC(CN=O)S1. The van der Waals surface area contributed by atoms with E-state index in [4.69, 9.17) is 11.6 Å². The second-order valence-corrected chi connectivity index (χ2v) is 11.4. The molecule has 0 spiro atoms. The third-order valence-electron chi connectivity index (χ3n) is 7.11. The quantitative estimate of drug-likeness (QED) is 0.411. The first-order chi connectivity index (χ1) is 15.6. The third-order valence-corrected chi connectivity index (χ3v) is 8.96. The van der Waals surface area contributed by atoms with E-state index in [1.54, 1.807) is 11.8 Å². The molecule has 3 unspecified atom stereocenters.